The van der Waals surface area contributed by atoms with Crippen molar-refractivity contribution in [1.82, 2.24) is 4.40 Å². The number of aromatic nitrogens is 1. The van der Waals surface area contributed by atoms with Gasteiger partial charge in [0.15, 0.2) is 11.6 Å². The summed E-state index contributed by atoms with van der Waals surface area (Å²) in [4.78, 5) is 28.0. The molecule has 0 atom stereocenters. The van der Waals surface area contributed by atoms with E-state index >= 15 is 0 Å². The van der Waals surface area contributed by atoms with Gasteiger partial charge in [-0.2, -0.15) is 0 Å². The number of ketones is 2. The summed E-state index contributed by atoms with van der Waals surface area (Å²) >= 11 is 0. The van der Waals surface area contributed by atoms with Crippen molar-refractivity contribution in [3.05, 3.63) is 137 Å². The maximum atomic E-state index is 14.0. The average molecular weight is 726 g/mol. The van der Waals surface area contributed by atoms with Crippen molar-refractivity contribution in [2.75, 3.05) is 0 Å². The van der Waals surface area contributed by atoms with Crippen molar-refractivity contribution in [2.45, 2.75) is 82.5 Å². The molecule has 56 heavy (non-hydrogen) atoms. The van der Waals surface area contributed by atoms with Crippen LogP contribution in [0.5, 0.6) is 0 Å². The first kappa shape index (κ1) is 31.6. The number of hydrogen-bond donors (Lipinski definition) is 0. The van der Waals surface area contributed by atoms with Crippen LogP contribution >= 0.6 is 0 Å². The molecule has 7 aliphatic rings. The smallest absolute Gasteiger partial charge is 0.166 e. The number of carbonyl (C=O) groups excluding carboxylic acids is 2. The van der Waals surface area contributed by atoms with Crippen molar-refractivity contribution in [1.29, 1.82) is 0 Å². The van der Waals surface area contributed by atoms with E-state index in [0.29, 0.717) is 23.4 Å². The maximum absolute atomic E-state index is 14.0. The SMILES string of the molecule is CC1(C)c2ccccc2-c2ccc(-c3ccc(-c4cc5c6cc7c(cc6n6c8cc9c(cc8c(c4)c56)C4CCC(CC4)C9=O)C(=O)C4CCC7CC4)cc3)cc21. The number of carbonyl (C=O) groups is 2. The lowest BCUT2D eigenvalue weighted by Gasteiger charge is -2.22. The van der Waals surface area contributed by atoms with Crippen LogP contribution in [-0.4, -0.2) is 16.0 Å². The molecular weight excluding hydrogens is 683 g/mol. The standard InChI is InChI=1S/C53H43NO2/c1-53(2)46-6-4-3-5-36(46)37-20-19-34(23-47(37)53)28-7-9-29(10-8-28)35-21-42-40-24-38-30-11-15-32(16-12-30)51(55)44(38)26-48(40)54-49-27-45-39(25-41(49)43(22-35)50(42)54)31-13-17-33(18-14-31)52(45)56/h3-10,19-27,30-33H,11-18H2,1-2H3. The summed E-state index contributed by atoms with van der Waals surface area (Å²) in [7, 11) is 0. The second-order valence-electron chi connectivity index (χ2n) is 18.5. The summed E-state index contributed by atoms with van der Waals surface area (Å²) in [6.07, 6.45) is 8.42. The van der Waals surface area contributed by atoms with E-state index in [1.807, 2.05) is 0 Å². The van der Waals surface area contributed by atoms with Gasteiger partial charge in [-0.1, -0.05) is 74.5 Å². The number of benzene rings is 6. The van der Waals surface area contributed by atoms with Gasteiger partial charge in [0.25, 0.3) is 0 Å². The summed E-state index contributed by atoms with van der Waals surface area (Å²) in [5.41, 5.74) is 18.1. The molecule has 7 aliphatic carbocycles. The summed E-state index contributed by atoms with van der Waals surface area (Å²) in [5.74, 6) is 1.86. The number of fused-ring (bicyclic) bond motifs is 13. The monoisotopic (exact) mass is 725 g/mol. The van der Waals surface area contributed by atoms with Gasteiger partial charge in [0.05, 0.1) is 16.6 Å². The van der Waals surface area contributed by atoms with E-state index in [-0.39, 0.29) is 17.3 Å². The van der Waals surface area contributed by atoms with Crippen LogP contribution < -0.4 is 0 Å². The van der Waals surface area contributed by atoms with Crippen molar-refractivity contribution in [2.24, 2.45) is 11.8 Å². The Hall–Kier alpha value is -5.54. The third-order valence-electron chi connectivity index (χ3n) is 15.5. The lowest BCUT2D eigenvalue weighted by atomic mass is 9.81. The zero-order valence-electron chi connectivity index (χ0n) is 32.0. The number of nitrogens with zero attached hydrogens (tertiary/aromatic N) is 1. The molecule has 0 radical (unpaired) electrons. The van der Waals surface area contributed by atoms with Crippen LogP contribution in [0.3, 0.4) is 0 Å². The van der Waals surface area contributed by atoms with E-state index in [9.17, 15) is 9.59 Å². The van der Waals surface area contributed by atoms with Crippen LogP contribution in [0.1, 0.15) is 120 Å². The molecule has 0 spiro atoms. The molecule has 2 aromatic heterocycles. The number of Topliss-reactive ketones (excluding diaryl/α,β-unsaturated/α-hetero) is 2. The lowest BCUT2D eigenvalue weighted by Crippen LogP contribution is -2.15. The fourth-order valence-corrected chi connectivity index (χ4v) is 12.4. The van der Waals surface area contributed by atoms with Gasteiger partial charge in [0.1, 0.15) is 0 Å². The molecule has 8 aromatic rings. The van der Waals surface area contributed by atoms with Gasteiger partial charge in [-0.15, -0.1) is 0 Å². The van der Waals surface area contributed by atoms with E-state index in [2.05, 4.69) is 121 Å². The van der Waals surface area contributed by atoms with Gasteiger partial charge in [-0.3, -0.25) is 9.59 Å². The van der Waals surface area contributed by atoms with E-state index in [0.717, 1.165) is 73.5 Å². The zero-order chi connectivity index (χ0) is 37.2. The summed E-state index contributed by atoms with van der Waals surface area (Å²) in [6, 6.07) is 39.1. The van der Waals surface area contributed by atoms with Crippen molar-refractivity contribution < 1.29 is 9.59 Å². The Balaban J connectivity index is 1.01. The molecule has 272 valence electrons. The summed E-state index contributed by atoms with van der Waals surface area (Å²) in [5, 5.41) is 4.94. The highest BCUT2D eigenvalue weighted by Crippen LogP contribution is 2.52. The van der Waals surface area contributed by atoms with Crippen molar-refractivity contribution in [3.63, 3.8) is 0 Å². The zero-order valence-corrected chi connectivity index (χ0v) is 32.0. The molecule has 15 rings (SSSR count). The average Bonchev–Trinajstić information content (AvgIpc) is 3.67. The van der Waals surface area contributed by atoms with Crippen molar-refractivity contribution in [3.8, 4) is 33.4 Å². The summed E-state index contributed by atoms with van der Waals surface area (Å²) in [6.45, 7) is 4.69. The molecule has 0 N–H and O–H groups in total. The molecule has 0 unspecified atom stereocenters. The Morgan fingerprint density at radius 3 is 1.50 bits per heavy atom. The molecule has 2 fully saturated rings. The Labute approximate surface area is 326 Å². The lowest BCUT2D eigenvalue weighted by molar-refractivity contribution is 0.0891. The highest BCUT2D eigenvalue weighted by atomic mass is 16.1. The normalized spacial score (nSPS) is 23.2. The van der Waals surface area contributed by atoms with Gasteiger partial charge in [-0.05, 0) is 161 Å². The predicted molar refractivity (Wildman–Crippen MR) is 228 cm³/mol. The Morgan fingerprint density at radius 2 is 0.929 bits per heavy atom. The van der Waals surface area contributed by atoms with Crippen molar-refractivity contribution >= 4 is 49.7 Å². The van der Waals surface area contributed by atoms with Crippen LogP contribution in [0.25, 0.3) is 71.5 Å². The Bertz CT molecular complexity index is 2920. The van der Waals surface area contributed by atoms with Crippen LogP contribution in [0.2, 0.25) is 0 Å². The van der Waals surface area contributed by atoms with Crippen LogP contribution in [0, 0.1) is 11.8 Å². The highest BCUT2D eigenvalue weighted by Gasteiger charge is 2.39. The molecule has 3 nitrogen and oxygen atoms in total. The van der Waals surface area contributed by atoms with E-state index in [4.69, 9.17) is 0 Å². The van der Waals surface area contributed by atoms with E-state index in [1.165, 1.54) is 82.7 Å². The molecule has 0 aliphatic heterocycles. The van der Waals surface area contributed by atoms with E-state index in [1.54, 1.807) is 0 Å². The fourth-order valence-electron chi connectivity index (χ4n) is 12.4. The minimum absolute atomic E-state index is 0.0360. The molecule has 6 aromatic carbocycles. The first-order valence-electron chi connectivity index (χ1n) is 21.1. The third-order valence-corrected chi connectivity index (χ3v) is 15.5. The molecule has 0 saturated heterocycles. The highest BCUT2D eigenvalue weighted by molar-refractivity contribution is 6.26. The molecule has 4 bridgehead atoms. The van der Waals surface area contributed by atoms with Gasteiger partial charge < -0.3 is 4.40 Å². The fraction of sp³-hybridized carbons (Fsp3) is 0.283. The van der Waals surface area contributed by atoms with Crippen LogP contribution in [0.4, 0.5) is 0 Å². The minimum Gasteiger partial charge on any atom is -0.308 e. The Kier molecular flexibility index (Phi) is 6.13. The minimum atomic E-state index is -0.0360. The second kappa shape index (κ2) is 10.9. The van der Waals surface area contributed by atoms with Crippen LogP contribution in [-0.2, 0) is 5.41 Å². The van der Waals surface area contributed by atoms with Gasteiger partial charge in [0, 0.05) is 49.9 Å². The van der Waals surface area contributed by atoms with Gasteiger partial charge in [-0.25, -0.2) is 0 Å². The van der Waals surface area contributed by atoms with Crippen LogP contribution in [0.15, 0.2) is 103 Å². The Morgan fingerprint density at radius 1 is 0.446 bits per heavy atom. The third kappa shape index (κ3) is 4.04. The first-order valence-corrected chi connectivity index (χ1v) is 21.1. The molecular formula is C53H43NO2. The summed E-state index contributed by atoms with van der Waals surface area (Å²) < 4.78 is 2.41. The largest absolute Gasteiger partial charge is 0.308 e. The molecule has 2 saturated carbocycles. The van der Waals surface area contributed by atoms with Gasteiger partial charge in [0.2, 0.25) is 0 Å². The molecule has 2 heterocycles. The first-order chi connectivity index (χ1) is 27.3. The molecule has 3 heteroatoms. The predicted octanol–water partition coefficient (Wildman–Crippen LogP) is 13.4. The maximum Gasteiger partial charge on any atom is 0.166 e. The number of hydrogen-bond acceptors (Lipinski definition) is 2. The molecule has 0 amide bonds. The topological polar surface area (TPSA) is 38.5 Å². The quantitative estimate of drug-likeness (QED) is 0.178. The van der Waals surface area contributed by atoms with Gasteiger partial charge >= 0.3 is 0 Å². The second-order valence-corrected chi connectivity index (χ2v) is 18.5. The number of rotatable bonds is 2. The van der Waals surface area contributed by atoms with E-state index < -0.39 is 0 Å².